The molecule has 2 aromatic carbocycles. The summed E-state index contributed by atoms with van der Waals surface area (Å²) in [6, 6.07) is 17.9. The van der Waals surface area contributed by atoms with Gasteiger partial charge in [-0.25, -0.2) is 4.79 Å². The van der Waals surface area contributed by atoms with Crippen LogP contribution in [0.25, 0.3) is 11.0 Å². The molecule has 148 valence electrons. The third kappa shape index (κ3) is 4.17. The number of rotatable bonds is 8. The van der Waals surface area contributed by atoms with Gasteiger partial charge in [0.05, 0.1) is 17.1 Å². The molecule has 1 amide bonds. The van der Waals surface area contributed by atoms with E-state index in [1.54, 1.807) is 9.13 Å². The number of aromatic nitrogens is 2. The van der Waals surface area contributed by atoms with E-state index in [-0.39, 0.29) is 24.1 Å². The summed E-state index contributed by atoms with van der Waals surface area (Å²) in [6.07, 6.45) is 0.270. The predicted octanol–water partition coefficient (Wildman–Crippen LogP) is 2.63. The van der Waals surface area contributed by atoms with Crippen molar-refractivity contribution < 1.29 is 4.79 Å². The number of aryl methyl sites for hydroxylation is 2. The second-order valence-corrected chi connectivity index (χ2v) is 7.11. The zero-order valence-electron chi connectivity index (χ0n) is 16.8. The van der Waals surface area contributed by atoms with Gasteiger partial charge in [-0.2, -0.15) is 0 Å². The van der Waals surface area contributed by atoms with Crippen molar-refractivity contribution in [3.63, 3.8) is 0 Å². The first-order chi connectivity index (χ1) is 13.5. The predicted molar refractivity (Wildman–Crippen MR) is 112 cm³/mol. The van der Waals surface area contributed by atoms with Crippen LogP contribution in [0.3, 0.4) is 0 Å². The highest BCUT2D eigenvalue weighted by molar-refractivity contribution is 5.78. The van der Waals surface area contributed by atoms with Crippen molar-refractivity contribution in [2.45, 2.75) is 32.5 Å². The Morgan fingerprint density at radius 2 is 1.61 bits per heavy atom. The molecule has 1 aromatic heterocycles. The van der Waals surface area contributed by atoms with Gasteiger partial charge in [0, 0.05) is 26.1 Å². The molecule has 3 rings (SSSR count). The molecule has 0 aliphatic heterocycles. The molecule has 28 heavy (non-hydrogen) atoms. The summed E-state index contributed by atoms with van der Waals surface area (Å²) >= 11 is 0. The van der Waals surface area contributed by atoms with Crippen LogP contribution in [0.2, 0.25) is 0 Å². The standard InChI is InChI=1S/C22H28N4O2/c1-4-25-18-12-8-9-13-19(18)26(22(25)28)15-14-21(27)23-16-20(24(2)3)17-10-6-5-7-11-17/h5-13,20H,4,14-16H2,1-3H3,(H,23,27)/t20-/m0/s1. The number of amides is 1. The van der Waals surface area contributed by atoms with Crippen LogP contribution in [0.4, 0.5) is 0 Å². The van der Waals surface area contributed by atoms with Gasteiger partial charge >= 0.3 is 5.69 Å². The van der Waals surface area contributed by atoms with E-state index in [0.717, 1.165) is 16.6 Å². The highest BCUT2D eigenvalue weighted by Gasteiger charge is 2.16. The number of carbonyl (C=O) groups excluding carboxylic acids is 1. The topological polar surface area (TPSA) is 59.3 Å². The van der Waals surface area contributed by atoms with Gasteiger partial charge in [-0.05, 0) is 38.7 Å². The second kappa shape index (κ2) is 8.89. The summed E-state index contributed by atoms with van der Waals surface area (Å²) in [5.41, 5.74) is 2.88. The Morgan fingerprint density at radius 3 is 2.21 bits per heavy atom. The molecule has 0 saturated heterocycles. The number of imidazole rings is 1. The molecule has 0 aliphatic carbocycles. The fourth-order valence-electron chi connectivity index (χ4n) is 3.58. The summed E-state index contributed by atoms with van der Waals surface area (Å²) < 4.78 is 3.43. The molecule has 0 spiro atoms. The van der Waals surface area contributed by atoms with Crippen LogP contribution in [0.1, 0.15) is 24.9 Å². The molecule has 6 nitrogen and oxygen atoms in total. The van der Waals surface area contributed by atoms with E-state index in [1.165, 1.54) is 0 Å². The zero-order chi connectivity index (χ0) is 20.1. The summed E-state index contributed by atoms with van der Waals surface area (Å²) in [5, 5.41) is 3.02. The summed E-state index contributed by atoms with van der Waals surface area (Å²) in [6.45, 7) is 3.47. The molecule has 1 N–H and O–H groups in total. The number of carbonyl (C=O) groups is 1. The highest BCUT2D eigenvalue weighted by Crippen LogP contribution is 2.17. The molecule has 0 aliphatic rings. The molecule has 1 heterocycles. The van der Waals surface area contributed by atoms with Crippen molar-refractivity contribution >= 4 is 16.9 Å². The Kier molecular flexibility index (Phi) is 6.31. The van der Waals surface area contributed by atoms with Gasteiger partial charge in [-0.3, -0.25) is 13.9 Å². The number of hydrogen-bond acceptors (Lipinski definition) is 3. The van der Waals surface area contributed by atoms with Crippen LogP contribution < -0.4 is 11.0 Å². The quantitative estimate of drug-likeness (QED) is 0.654. The fraction of sp³-hybridized carbons (Fsp3) is 0.364. The lowest BCUT2D eigenvalue weighted by molar-refractivity contribution is -0.121. The minimum Gasteiger partial charge on any atom is -0.354 e. The average Bonchev–Trinajstić information content (AvgIpc) is 2.97. The molecule has 0 bridgehead atoms. The molecule has 1 atom stereocenters. The first kappa shape index (κ1) is 19.9. The van der Waals surface area contributed by atoms with E-state index in [1.807, 2.05) is 63.5 Å². The monoisotopic (exact) mass is 380 g/mol. The Morgan fingerprint density at radius 1 is 1.00 bits per heavy atom. The molecular formula is C22H28N4O2. The van der Waals surface area contributed by atoms with E-state index in [0.29, 0.717) is 19.6 Å². The van der Waals surface area contributed by atoms with Crippen LogP contribution in [0.15, 0.2) is 59.4 Å². The molecule has 3 aromatic rings. The average molecular weight is 380 g/mol. The van der Waals surface area contributed by atoms with Gasteiger partial charge in [-0.1, -0.05) is 42.5 Å². The van der Waals surface area contributed by atoms with Crippen molar-refractivity contribution in [3.05, 3.63) is 70.6 Å². The largest absolute Gasteiger partial charge is 0.354 e. The number of nitrogens with zero attached hydrogens (tertiary/aromatic N) is 3. The maximum absolute atomic E-state index is 12.7. The number of nitrogens with one attached hydrogen (secondary N) is 1. The Hall–Kier alpha value is -2.86. The van der Waals surface area contributed by atoms with Crippen molar-refractivity contribution in [1.82, 2.24) is 19.4 Å². The van der Waals surface area contributed by atoms with Crippen molar-refractivity contribution in [2.75, 3.05) is 20.6 Å². The molecule has 0 fully saturated rings. The zero-order valence-corrected chi connectivity index (χ0v) is 16.8. The van der Waals surface area contributed by atoms with Crippen molar-refractivity contribution in [2.24, 2.45) is 0 Å². The number of fused-ring (bicyclic) bond motifs is 1. The maximum atomic E-state index is 12.7. The van der Waals surface area contributed by atoms with Gasteiger partial charge in [0.15, 0.2) is 0 Å². The van der Waals surface area contributed by atoms with Crippen LogP contribution >= 0.6 is 0 Å². The maximum Gasteiger partial charge on any atom is 0.329 e. The third-order valence-electron chi connectivity index (χ3n) is 5.10. The lowest BCUT2D eigenvalue weighted by atomic mass is 10.1. The third-order valence-corrected chi connectivity index (χ3v) is 5.10. The van der Waals surface area contributed by atoms with Gasteiger partial charge in [0.2, 0.25) is 5.91 Å². The molecule has 0 saturated carbocycles. The Bertz CT molecular complexity index is 989. The van der Waals surface area contributed by atoms with Gasteiger partial charge in [-0.15, -0.1) is 0 Å². The normalized spacial score (nSPS) is 12.4. The number of likely N-dealkylation sites (N-methyl/N-ethyl adjacent to an activating group) is 1. The van der Waals surface area contributed by atoms with Crippen molar-refractivity contribution in [3.8, 4) is 0 Å². The van der Waals surface area contributed by atoms with Gasteiger partial charge < -0.3 is 10.2 Å². The van der Waals surface area contributed by atoms with Gasteiger partial charge in [0.25, 0.3) is 0 Å². The SMILES string of the molecule is CCn1c(=O)n(CCC(=O)NC[C@@H](c2ccccc2)N(C)C)c2ccccc21. The van der Waals surface area contributed by atoms with E-state index >= 15 is 0 Å². The minimum absolute atomic E-state index is 0.0528. The van der Waals surface area contributed by atoms with E-state index < -0.39 is 0 Å². The van der Waals surface area contributed by atoms with Crippen LogP contribution in [0.5, 0.6) is 0 Å². The van der Waals surface area contributed by atoms with Crippen LogP contribution in [-0.2, 0) is 17.9 Å². The molecule has 6 heteroatoms. The summed E-state index contributed by atoms with van der Waals surface area (Å²) in [5.74, 6) is -0.0528. The van der Waals surface area contributed by atoms with Crippen molar-refractivity contribution in [1.29, 1.82) is 0 Å². The summed E-state index contributed by atoms with van der Waals surface area (Å²) in [7, 11) is 4.01. The fourth-order valence-corrected chi connectivity index (χ4v) is 3.58. The Balaban J connectivity index is 1.66. The first-order valence-electron chi connectivity index (χ1n) is 9.69. The van der Waals surface area contributed by atoms with Crippen LogP contribution in [-0.4, -0.2) is 40.6 Å². The lowest BCUT2D eigenvalue weighted by Gasteiger charge is -2.25. The smallest absolute Gasteiger partial charge is 0.329 e. The summed E-state index contributed by atoms with van der Waals surface area (Å²) in [4.78, 5) is 27.2. The Labute approximate surface area is 165 Å². The first-order valence-corrected chi connectivity index (χ1v) is 9.69. The van der Waals surface area contributed by atoms with E-state index in [2.05, 4.69) is 22.3 Å². The lowest BCUT2D eigenvalue weighted by Crippen LogP contribution is -2.35. The second-order valence-electron chi connectivity index (χ2n) is 7.11. The van der Waals surface area contributed by atoms with E-state index in [4.69, 9.17) is 0 Å². The molecule has 0 unspecified atom stereocenters. The number of hydrogen-bond donors (Lipinski definition) is 1. The molecular weight excluding hydrogens is 352 g/mol. The number of benzene rings is 2. The van der Waals surface area contributed by atoms with Gasteiger partial charge in [0.1, 0.15) is 0 Å². The molecule has 0 radical (unpaired) electrons. The number of para-hydroxylation sites is 2. The minimum atomic E-state index is -0.0630. The van der Waals surface area contributed by atoms with E-state index in [9.17, 15) is 9.59 Å². The van der Waals surface area contributed by atoms with Crippen LogP contribution in [0, 0.1) is 0 Å². The highest BCUT2D eigenvalue weighted by atomic mass is 16.2.